The van der Waals surface area contributed by atoms with Gasteiger partial charge in [-0.2, -0.15) is 0 Å². The maximum absolute atomic E-state index is 6.14. The summed E-state index contributed by atoms with van der Waals surface area (Å²) in [6.45, 7) is 15.5. The van der Waals surface area contributed by atoms with E-state index in [1.54, 1.807) is 5.57 Å². The van der Waals surface area contributed by atoms with Crippen molar-refractivity contribution in [3.63, 3.8) is 0 Å². The number of hydrogen-bond acceptors (Lipinski definition) is 2. The maximum Gasteiger partial charge on any atom is 0.213 e. The second kappa shape index (κ2) is 18.9. The lowest BCUT2D eigenvalue weighted by molar-refractivity contribution is 0.338. The van der Waals surface area contributed by atoms with Crippen LogP contribution in [-0.2, 0) is 6.66 Å². The summed E-state index contributed by atoms with van der Waals surface area (Å²) in [5.74, 6) is 1.66. The molecule has 2 nitrogen and oxygen atoms in total. The smallest absolute Gasteiger partial charge is 0.213 e. The van der Waals surface area contributed by atoms with Gasteiger partial charge in [0.15, 0.2) is 0 Å². The molecule has 0 spiro atoms. The molecule has 0 N–H and O–H groups in total. The van der Waals surface area contributed by atoms with Crippen molar-refractivity contribution in [1.82, 2.24) is 0 Å². The first-order valence-corrected chi connectivity index (χ1v) is 21.6. The third-order valence-electron chi connectivity index (χ3n) is 11.0. The standard InChI is InChI=1S/C29H34.C21H15O2P.C2H6/c1-5-28(19-18-25-12-7-6-8-13-25)23(3)22(2)24(4)29-17-11-16-26-14-9-10-15-27(20-26)21-29;1-24-22-18-12-10-14-6-2-4-8-16(14)20(18)21-17-9-5-3-7-15(17)11-13-19(21)23-24;1-2/h6-12,14-16,18-19,21-24H,5,13,17H2,1-4H3;2-13H,1H3;1-2H3/b16-11-,25-18-,28-19+,29-21+;;. The number of fused-ring (bicyclic) bond motifs is 7. The topological polar surface area (TPSA) is 26.3 Å². The van der Waals surface area contributed by atoms with E-state index in [0.29, 0.717) is 17.8 Å². The van der Waals surface area contributed by atoms with Gasteiger partial charge in [0.25, 0.3) is 0 Å². The van der Waals surface area contributed by atoms with Crippen LogP contribution < -0.4 is 0 Å². The highest BCUT2D eigenvalue weighted by molar-refractivity contribution is 7.35. The Hall–Kier alpha value is -5.26. The minimum Gasteiger partial charge on any atom is -0.419 e. The number of hydrogen-bond donors (Lipinski definition) is 0. The van der Waals surface area contributed by atoms with Crippen molar-refractivity contribution in [2.24, 2.45) is 24.4 Å². The highest BCUT2D eigenvalue weighted by Gasteiger charge is 2.24. The van der Waals surface area contributed by atoms with Gasteiger partial charge in [0.2, 0.25) is 8.01 Å². The molecule has 8 rings (SSSR count). The van der Waals surface area contributed by atoms with Crippen molar-refractivity contribution in [3.8, 4) is 0 Å². The lowest BCUT2D eigenvalue weighted by Crippen LogP contribution is -2.20. The van der Waals surface area contributed by atoms with E-state index >= 15 is 0 Å². The van der Waals surface area contributed by atoms with Crippen LogP contribution >= 0.6 is 8.01 Å². The van der Waals surface area contributed by atoms with E-state index in [-0.39, 0.29) is 0 Å². The monoisotopic (exact) mass is 742 g/mol. The molecule has 5 aromatic rings. The molecule has 3 heteroatoms. The summed E-state index contributed by atoms with van der Waals surface area (Å²) in [4.78, 5) is 0. The first-order chi connectivity index (χ1) is 26.9. The van der Waals surface area contributed by atoms with E-state index in [1.807, 2.05) is 20.5 Å². The van der Waals surface area contributed by atoms with Crippen molar-refractivity contribution in [2.75, 3.05) is 0 Å². The van der Waals surface area contributed by atoms with Crippen LogP contribution in [0.5, 0.6) is 0 Å². The Balaban J connectivity index is 0.000000181. The third kappa shape index (κ3) is 9.35. The zero-order chi connectivity index (χ0) is 38.7. The summed E-state index contributed by atoms with van der Waals surface area (Å²) >= 11 is 0. The first-order valence-electron chi connectivity index (χ1n) is 20.0. The molecular formula is C52H55O2P. The SMILES string of the molecule is CC.CC/C(=C\C=C1\C=CC=CC1)C(C)C(C)C(C)/C1=C/C2=C=C(C=CC=C2)/C=C\C1.Cp1oc2ccc3ccccc3c2c2c(ccc3ccccc32)o1. The molecule has 55 heavy (non-hydrogen) atoms. The van der Waals surface area contributed by atoms with E-state index in [4.69, 9.17) is 8.39 Å². The van der Waals surface area contributed by atoms with Crippen LogP contribution in [0.3, 0.4) is 0 Å². The normalized spacial score (nSPS) is 18.8. The molecule has 3 unspecified atom stereocenters. The van der Waals surface area contributed by atoms with Crippen molar-refractivity contribution < 1.29 is 8.39 Å². The van der Waals surface area contributed by atoms with Crippen LogP contribution in [0, 0.1) is 17.8 Å². The molecule has 1 heterocycles. The second-order valence-corrected chi connectivity index (χ2v) is 15.5. The Bertz CT molecular complexity index is 2440. The molecular weight excluding hydrogens is 688 g/mol. The van der Waals surface area contributed by atoms with Gasteiger partial charge < -0.3 is 8.39 Å². The fraction of sp³-hybridized carbons (Fsp3) is 0.250. The van der Waals surface area contributed by atoms with E-state index in [0.717, 1.165) is 46.8 Å². The number of rotatable bonds is 6. The van der Waals surface area contributed by atoms with Gasteiger partial charge in [0.1, 0.15) is 11.2 Å². The van der Waals surface area contributed by atoms with Gasteiger partial charge in [-0.25, -0.2) is 0 Å². The Labute approximate surface area is 329 Å². The summed E-state index contributed by atoms with van der Waals surface area (Å²) in [5, 5.41) is 7.07. The maximum atomic E-state index is 6.14. The van der Waals surface area contributed by atoms with E-state index in [9.17, 15) is 0 Å². The minimum absolute atomic E-state index is 0.523. The molecule has 1 aromatic heterocycles. The molecule has 4 aromatic carbocycles. The quantitative estimate of drug-likeness (QED) is 0.162. The van der Waals surface area contributed by atoms with Crippen molar-refractivity contribution >= 4 is 51.5 Å². The number of aryl methyl sites for hydroxylation is 1. The van der Waals surface area contributed by atoms with Crippen molar-refractivity contribution in [3.05, 3.63) is 185 Å². The molecule has 280 valence electrons. The van der Waals surface area contributed by atoms with Gasteiger partial charge >= 0.3 is 0 Å². The Kier molecular flexibility index (Phi) is 13.5. The predicted molar refractivity (Wildman–Crippen MR) is 241 cm³/mol. The highest BCUT2D eigenvalue weighted by Crippen LogP contribution is 2.40. The molecule has 0 saturated carbocycles. The molecule has 0 amide bonds. The second-order valence-electron chi connectivity index (χ2n) is 14.3. The lowest BCUT2D eigenvalue weighted by Gasteiger charge is -2.30. The van der Waals surface area contributed by atoms with Gasteiger partial charge in [0, 0.05) is 28.6 Å². The Morgan fingerprint density at radius 2 is 1.31 bits per heavy atom. The predicted octanol–water partition coefficient (Wildman–Crippen LogP) is 16.3. The van der Waals surface area contributed by atoms with Crippen LogP contribution in [-0.4, -0.2) is 0 Å². The van der Waals surface area contributed by atoms with E-state index in [1.165, 1.54) is 38.3 Å². The van der Waals surface area contributed by atoms with Crippen molar-refractivity contribution in [1.29, 1.82) is 0 Å². The van der Waals surface area contributed by atoms with Crippen LogP contribution in [0.25, 0.3) is 43.5 Å². The molecule has 3 aliphatic carbocycles. The van der Waals surface area contributed by atoms with Crippen LogP contribution in [0.4, 0.5) is 0 Å². The lowest BCUT2D eigenvalue weighted by atomic mass is 9.75. The van der Waals surface area contributed by atoms with E-state index < -0.39 is 8.01 Å². The summed E-state index contributed by atoms with van der Waals surface area (Å²) in [6.07, 6.45) is 31.9. The van der Waals surface area contributed by atoms with Gasteiger partial charge in [0.05, 0.1) is 0 Å². The number of benzene rings is 4. The molecule has 0 radical (unpaired) electrons. The molecule has 0 aliphatic heterocycles. The molecule has 0 saturated heterocycles. The van der Waals surface area contributed by atoms with Gasteiger partial charge in [-0.15, -0.1) is 5.73 Å². The minimum atomic E-state index is -1.00. The summed E-state index contributed by atoms with van der Waals surface area (Å²) in [5.41, 5.74) is 12.1. The molecule has 0 fully saturated rings. The summed E-state index contributed by atoms with van der Waals surface area (Å²) < 4.78 is 12.3. The van der Waals surface area contributed by atoms with Gasteiger partial charge in [-0.1, -0.05) is 174 Å². The van der Waals surface area contributed by atoms with E-state index in [2.05, 4.69) is 185 Å². The largest absolute Gasteiger partial charge is 0.419 e. The zero-order valence-corrected chi connectivity index (χ0v) is 34.4. The van der Waals surface area contributed by atoms with Gasteiger partial charge in [-0.3, -0.25) is 0 Å². The fourth-order valence-electron chi connectivity index (χ4n) is 7.68. The summed E-state index contributed by atoms with van der Waals surface area (Å²) in [6, 6.07) is 25.3. The first kappa shape index (κ1) is 39.4. The average molecular weight is 743 g/mol. The Morgan fingerprint density at radius 1 is 0.709 bits per heavy atom. The van der Waals surface area contributed by atoms with Gasteiger partial charge in [-0.05, 0) is 94.5 Å². The fourth-order valence-corrected chi connectivity index (χ4v) is 8.58. The zero-order valence-electron chi connectivity index (χ0n) is 33.6. The van der Waals surface area contributed by atoms with Crippen LogP contribution in [0.1, 0.15) is 60.8 Å². The third-order valence-corrected chi connectivity index (χ3v) is 11.9. The number of allylic oxidation sites excluding steroid dienone is 17. The average Bonchev–Trinajstić information content (AvgIpc) is 3.55. The Morgan fingerprint density at radius 3 is 1.91 bits per heavy atom. The van der Waals surface area contributed by atoms with Crippen LogP contribution in [0.2, 0.25) is 0 Å². The summed E-state index contributed by atoms with van der Waals surface area (Å²) in [7, 11) is -1.00. The van der Waals surface area contributed by atoms with Crippen molar-refractivity contribution in [2.45, 2.75) is 60.8 Å². The molecule has 3 atom stereocenters. The molecule has 3 aliphatic rings. The molecule has 2 bridgehead atoms. The highest BCUT2D eigenvalue weighted by atomic mass is 31.1. The van der Waals surface area contributed by atoms with Crippen LogP contribution in [0.15, 0.2) is 194 Å².